The van der Waals surface area contributed by atoms with Gasteiger partial charge >= 0.3 is 12.4 Å². The summed E-state index contributed by atoms with van der Waals surface area (Å²) < 4.78 is 92.5. The maximum Gasteiger partial charge on any atom is 0.416 e. The lowest BCUT2D eigenvalue weighted by molar-refractivity contribution is -0.142. The maximum atomic E-state index is 13.7. The Hall–Kier alpha value is -7.78. The largest absolute Gasteiger partial charge is 0.496 e. The fourth-order valence-electron chi connectivity index (χ4n) is 9.06. The number of hydrogen-bond acceptors (Lipinski definition) is 10. The standard InChI is InChI=1S/2C27H28F3N3O5/c2*1-38-22-9-5-8-19(27(28,29)30)18(22)15-33-21(12-13-23(33)34)25(36)32-20(14-16-6-3-2-4-7-16)24(35)26(37)31-17-10-11-17/h2*2-9,17,20-21H,10-15H2,1H3,(H,31,37)(H,32,36)/t20?,21-;/m1./s1. The van der Waals surface area contributed by atoms with Gasteiger partial charge in [-0.15, -0.1) is 0 Å². The van der Waals surface area contributed by atoms with Crippen molar-refractivity contribution in [3.63, 3.8) is 0 Å². The van der Waals surface area contributed by atoms with Crippen molar-refractivity contribution >= 4 is 47.0 Å². The molecule has 4 aromatic rings. The van der Waals surface area contributed by atoms with Crippen LogP contribution in [0.25, 0.3) is 0 Å². The second-order valence-corrected chi connectivity index (χ2v) is 18.8. The summed E-state index contributed by atoms with van der Waals surface area (Å²) in [4.78, 5) is 105. The fraction of sp³-hybridized carbons (Fsp3) is 0.407. The molecule has 0 spiro atoms. The monoisotopic (exact) mass is 1060 g/mol. The predicted molar refractivity (Wildman–Crippen MR) is 260 cm³/mol. The summed E-state index contributed by atoms with van der Waals surface area (Å²) in [7, 11) is 2.45. The highest BCUT2D eigenvalue weighted by molar-refractivity contribution is 6.39. The van der Waals surface area contributed by atoms with Gasteiger partial charge in [-0.05, 0) is 73.9 Å². The normalized spacial score (nSPS) is 18.2. The van der Waals surface area contributed by atoms with Crippen LogP contribution in [-0.2, 0) is 76.6 Å². The van der Waals surface area contributed by atoms with E-state index in [2.05, 4.69) is 21.3 Å². The zero-order chi connectivity index (χ0) is 54.9. The number of hydrogen-bond donors (Lipinski definition) is 4. The molecule has 2 aliphatic carbocycles. The number of alkyl halides is 6. The summed E-state index contributed by atoms with van der Waals surface area (Å²) in [6.07, 6.45) is -6.21. The van der Waals surface area contributed by atoms with E-state index < -0.39 is 108 Å². The Balaban J connectivity index is 0.000000221. The van der Waals surface area contributed by atoms with Gasteiger partial charge in [0, 0.05) is 48.9 Å². The lowest BCUT2D eigenvalue weighted by Crippen LogP contribution is -2.53. The number of methoxy groups -OCH3 is 2. The number of likely N-dealkylation sites (tertiary alicyclic amines) is 2. The Kier molecular flexibility index (Phi) is 17.9. The van der Waals surface area contributed by atoms with Crippen LogP contribution in [0.5, 0.6) is 11.5 Å². The van der Waals surface area contributed by atoms with Crippen LogP contribution in [-0.4, -0.2) is 107 Å². The van der Waals surface area contributed by atoms with Crippen LogP contribution in [0, 0.1) is 0 Å². The minimum Gasteiger partial charge on any atom is -0.496 e. The van der Waals surface area contributed by atoms with Crippen molar-refractivity contribution in [2.45, 2.75) is 126 Å². The molecule has 22 heteroatoms. The Labute approximate surface area is 433 Å². The zero-order valence-electron chi connectivity index (χ0n) is 41.4. The van der Waals surface area contributed by atoms with Crippen LogP contribution in [0.4, 0.5) is 26.3 Å². The molecule has 4 fully saturated rings. The van der Waals surface area contributed by atoms with Gasteiger partial charge < -0.3 is 40.5 Å². The number of benzene rings is 4. The number of carbonyl (C=O) groups excluding carboxylic acids is 8. The van der Waals surface area contributed by atoms with Gasteiger partial charge in [0.05, 0.1) is 38.4 Å². The molecule has 8 rings (SSSR count). The molecule has 2 saturated heterocycles. The number of ether oxygens (including phenoxy) is 2. The smallest absolute Gasteiger partial charge is 0.416 e. The van der Waals surface area contributed by atoms with Gasteiger partial charge in [0.2, 0.25) is 35.2 Å². The maximum absolute atomic E-state index is 13.7. The average molecular weight is 1060 g/mol. The van der Waals surface area contributed by atoms with E-state index in [1.54, 1.807) is 60.7 Å². The van der Waals surface area contributed by atoms with Gasteiger partial charge in [0.15, 0.2) is 0 Å². The number of halogens is 6. The summed E-state index contributed by atoms with van der Waals surface area (Å²) >= 11 is 0. The third kappa shape index (κ3) is 14.3. The molecule has 4 N–H and O–H groups in total. The molecule has 2 saturated carbocycles. The van der Waals surface area contributed by atoms with Gasteiger partial charge in [-0.25, -0.2) is 0 Å². The fourth-order valence-corrected chi connectivity index (χ4v) is 9.06. The van der Waals surface area contributed by atoms with E-state index in [1.807, 2.05) is 0 Å². The lowest BCUT2D eigenvalue weighted by Gasteiger charge is -2.28. The summed E-state index contributed by atoms with van der Waals surface area (Å²) in [5.41, 5.74) is -1.07. The molecule has 404 valence electrons. The number of ketones is 2. The molecule has 2 aliphatic heterocycles. The number of amides is 6. The third-order valence-corrected chi connectivity index (χ3v) is 13.3. The first kappa shape index (κ1) is 56.0. The van der Waals surface area contributed by atoms with Crippen molar-refractivity contribution in [1.29, 1.82) is 0 Å². The van der Waals surface area contributed by atoms with Crippen molar-refractivity contribution in [2.75, 3.05) is 14.2 Å². The highest BCUT2D eigenvalue weighted by Crippen LogP contribution is 2.39. The van der Waals surface area contributed by atoms with Gasteiger partial charge in [-0.1, -0.05) is 72.8 Å². The molecule has 4 aromatic carbocycles. The highest BCUT2D eigenvalue weighted by Gasteiger charge is 2.44. The first-order valence-electron chi connectivity index (χ1n) is 24.6. The third-order valence-electron chi connectivity index (χ3n) is 13.3. The van der Waals surface area contributed by atoms with Crippen molar-refractivity contribution in [1.82, 2.24) is 31.1 Å². The van der Waals surface area contributed by atoms with E-state index >= 15 is 0 Å². The van der Waals surface area contributed by atoms with Crippen LogP contribution in [0.3, 0.4) is 0 Å². The van der Waals surface area contributed by atoms with Crippen LogP contribution in [0.15, 0.2) is 97.1 Å². The van der Waals surface area contributed by atoms with E-state index in [9.17, 15) is 64.7 Å². The Morgan fingerprint density at radius 2 is 0.882 bits per heavy atom. The first-order chi connectivity index (χ1) is 36.2. The quantitative estimate of drug-likeness (QED) is 0.0640. The molecule has 0 aromatic heterocycles. The topological polar surface area (TPSA) is 210 Å². The molecule has 3 unspecified atom stereocenters. The van der Waals surface area contributed by atoms with Crippen molar-refractivity contribution in [3.8, 4) is 11.5 Å². The second-order valence-electron chi connectivity index (χ2n) is 18.8. The molecular weight excluding hydrogens is 1010 g/mol. The lowest BCUT2D eigenvalue weighted by atomic mass is 10.0. The molecule has 16 nitrogen and oxygen atoms in total. The average Bonchev–Trinajstić information content (AvgIpc) is 4.33. The Bertz CT molecular complexity index is 2620. The van der Waals surface area contributed by atoms with Crippen LogP contribution < -0.4 is 30.7 Å². The molecule has 0 bridgehead atoms. The molecule has 4 atom stereocenters. The second kappa shape index (κ2) is 24.3. The van der Waals surface area contributed by atoms with E-state index in [-0.39, 0.29) is 73.2 Å². The van der Waals surface area contributed by atoms with Crippen molar-refractivity contribution in [3.05, 3.63) is 130 Å². The van der Waals surface area contributed by atoms with Gasteiger partial charge in [-0.3, -0.25) is 38.4 Å². The highest BCUT2D eigenvalue weighted by atomic mass is 19.4. The number of nitrogens with one attached hydrogen (secondary N) is 4. The Morgan fingerprint density at radius 1 is 0.526 bits per heavy atom. The molecule has 4 aliphatic rings. The van der Waals surface area contributed by atoms with Crippen molar-refractivity contribution in [2.24, 2.45) is 0 Å². The summed E-state index contributed by atoms with van der Waals surface area (Å²) in [5.74, 6) is -5.82. The molecule has 2 heterocycles. The van der Waals surface area contributed by atoms with E-state index in [1.165, 1.54) is 38.5 Å². The summed E-state index contributed by atoms with van der Waals surface area (Å²) in [6.45, 7) is -1.01. The van der Waals surface area contributed by atoms with Crippen LogP contribution in [0.1, 0.15) is 84.7 Å². The predicted octanol–water partition coefficient (Wildman–Crippen LogP) is 5.56. The number of rotatable bonds is 20. The van der Waals surface area contributed by atoms with Gasteiger partial charge in [0.25, 0.3) is 11.8 Å². The molecular formula is C54H56F6N6O10. The number of carbonyl (C=O) groups is 8. The van der Waals surface area contributed by atoms with E-state index in [0.717, 1.165) is 47.6 Å². The molecule has 76 heavy (non-hydrogen) atoms. The van der Waals surface area contributed by atoms with Crippen molar-refractivity contribution < 1.29 is 74.2 Å². The SMILES string of the molecule is COc1cccc(C(F)(F)F)c1CN1C(=O)CCC1C(=O)NC(Cc1ccccc1)C(=O)C(=O)NC1CC1.COc1cccc(C(F)(F)F)c1CN1C(=O)CC[C@@H]1C(=O)NC(Cc1ccccc1)C(=O)C(=O)NC1CC1. The van der Waals surface area contributed by atoms with E-state index in [4.69, 9.17) is 9.47 Å². The Morgan fingerprint density at radius 3 is 1.20 bits per heavy atom. The minimum absolute atomic E-state index is 0.0366. The summed E-state index contributed by atoms with van der Waals surface area (Å²) in [5, 5.41) is 10.4. The summed E-state index contributed by atoms with van der Waals surface area (Å²) in [6, 6.07) is 19.7. The van der Waals surface area contributed by atoms with Crippen LogP contribution in [0.2, 0.25) is 0 Å². The first-order valence-corrected chi connectivity index (χ1v) is 24.6. The molecule has 0 radical (unpaired) electrons. The minimum atomic E-state index is -4.70. The zero-order valence-corrected chi connectivity index (χ0v) is 41.4. The number of Topliss-reactive ketones (excluding diaryl/α,β-unsaturated/α-hetero) is 2. The molecule has 6 amide bonds. The van der Waals surface area contributed by atoms with Gasteiger partial charge in [0.1, 0.15) is 35.7 Å². The van der Waals surface area contributed by atoms with Crippen LogP contribution >= 0.6 is 0 Å². The number of nitrogens with zero attached hydrogens (tertiary/aromatic N) is 2. The van der Waals surface area contributed by atoms with Gasteiger partial charge in [-0.2, -0.15) is 26.3 Å². The van der Waals surface area contributed by atoms with E-state index in [0.29, 0.717) is 11.1 Å².